The second-order valence-corrected chi connectivity index (χ2v) is 6.69. The summed E-state index contributed by atoms with van der Waals surface area (Å²) in [7, 11) is 0. The quantitative estimate of drug-likeness (QED) is 0.685. The Morgan fingerprint density at radius 3 is 2.55 bits per heavy atom. The summed E-state index contributed by atoms with van der Waals surface area (Å²) < 4.78 is 27.4. The third kappa shape index (κ3) is 4.26. The Morgan fingerprint density at radius 1 is 0.966 bits per heavy atom. The van der Waals surface area contributed by atoms with Gasteiger partial charge in [0.15, 0.2) is 0 Å². The first-order chi connectivity index (χ1) is 14.0. The molecule has 2 N–H and O–H groups in total. The number of nitrogens with one attached hydrogen (secondary N) is 2. The summed E-state index contributed by atoms with van der Waals surface area (Å²) in [5.74, 6) is -1.74. The van der Waals surface area contributed by atoms with E-state index in [0.29, 0.717) is 5.56 Å². The predicted octanol–water partition coefficient (Wildman–Crippen LogP) is 4.02. The molecule has 1 fully saturated rings. The number of amides is 2. The zero-order chi connectivity index (χ0) is 20.4. The molecule has 0 spiro atoms. The topological polar surface area (TPSA) is 84.0 Å². The van der Waals surface area contributed by atoms with Crippen LogP contribution in [0.3, 0.4) is 0 Å². The van der Waals surface area contributed by atoms with Crippen LogP contribution in [0.4, 0.5) is 20.3 Å². The maximum absolute atomic E-state index is 14.2. The SMILES string of the molecule is O=C(Nc1cnccc1-c1ccc(F)cc1F)c1ccnc(NC(=O)C2CC2)c1. The minimum absolute atomic E-state index is 0.0119. The smallest absolute Gasteiger partial charge is 0.255 e. The molecule has 0 aliphatic heterocycles. The standard InChI is InChI=1S/C21H16F2N4O2/c22-14-3-4-15(17(23)10-14)16-6-7-24-11-18(16)26-21(29)13-5-8-25-19(9-13)27-20(28)12-1-2-12/h3-12H,1-2H2,(H,26,29)(H,25,27,28). The van der Waals surface area contributed by atoms with Crippen LogP contribution in [0.2, 0.25) is 0 Å². The van der Waals surface area contributed by atoms with Crippen LogP contribution in [-0.2, 0) is 4.79 Å². The van der Waals surface area contributed by atoms with Gasteiger partial charge in [-0.05, 0) is 43.2 Å². The molecule has 29 heavy (non-hydrogen) atoms. The third-order valence-corrected chi connectivity index (χ3v) is 4.51. The normalized spacial score (nSPS) is 13.0. The molecule has 1 aromatic carbocycles. The van der Waals surface area contributed by atoms with Crippen molar-refractivity contribution in [3.8, 4) is 11.1 Å². The van der Waals surface area contributed by atoms with Gasteiger partial charge in [-0.2, -0.15) is 0 Å². The zero-order valence-corrected chi connectivity index (χ0v) is 15.2. The summed E-state index contributed by atoms with van der Waals surface area (Å²) in [4.78, 5) is 32.6. The van der Waals surface area contributed by atoms with Crippen molar-refractivity contribution in [3.63, 3.8) is 0 Å². The molecule has 2 aromatic heterocycles. The summed E-state index contributed by atoms with van der Waals surface area (Å²) in [5.41, 5.74) is 1.03. The van der Waals surface area contributed by atoms with Crippen molar-refractivity contribution in [1.82, 2.24) is 9.97 Å². The molecule has 0 atom stereocenters. The van der Waals surface area contributed by atoms with E-state index in [1.54, 1.807) is 0 Å². The molecule has 1 aliphatic rings. The highest BCUT2D eigenvalue weighted by Crippen LogP contribution is 2.31. The molecule has 8 heteroatoms. The molecule has 4 rings (SSSR count). The summed E-state index contributed by atoms with van der Waals surface area (Å²) in [5, 5.41) is 5.37. The van der Waals surface area contributed by atoms with Gasteiger partial charge in [0, 0.05) is 41.1 Å². The maximum atomic E-state index is 14.2. The van der Waals surface area contributed by atoms with Crippen molar-refractivity contribution in [1.29, 1.82) is 0 Å². The highest BCUT2D eigenvalue weighted by molar-refractivity contribution is 6.07. The Hall–Kier alpha value is -3.68. The minimum Gasteiger partial charge on any atom is -0.320 e. The molecule has 6 nitrogen and oxygen atoms in total. The van der Waals surface area contributed by atoms with Crippen molar-refractivity contribution in [2.45, 2.75) is 12.8 Å². The van der Waals surface area contributed by atoms with Gasteiger partial charge >= 0.3 is 0 Å². The van der Waals surface area contributed by atoms with Crippen LogP contribution < -0.4 is 10.6 Å². The lowest BCUT2D eigenvalue weighted by molar-refractivity contribution is -0.117. The van der Waals surface area contributed by atoms with Crippen LogP contribution in [0.15, 0.2) is 55.0 Å². The fourth-order valence-corrected chi connectivity index (χ4v) is 2.85. The summed E-state index contributed by atoms with van der Waals surface area (Å²) >= 11 is 0. The highest BCUT2D eigenvalue weighted by atomic mass is 19.1. The largest absolute Gasteiger partial charge is 0.320 e. The van der Waals surface area contributed by atoms with Crippen LogP contribution in [-0.4, -0.2) is 21.8 Å². The fourth-order valence-electron chi connectivity index (χ4n) is 2.85. The molecule has 2 heterocycles. The van der Waals surface area contributed by atoms with Gasteiger partial charge in [-0.25, -0.2) is 13.8 Å². The first-order valence-corrected chi connectivity index (χ1v) is 8.99. The van der Waals surface area contributed by atoms with E-state index >= 15 is 0 Å². The minimum atomic E-state index is -0.749. The van der Waals surface area contributed by atoms with Crippen LogP contribution in [0.1, 0.15) is 23.2 Å². The number of anilines is 2. The molecule has 2 amide bonds. The average molecular weight is 394 g/mol. The van der Waals surface area contributed by atoms with Gasteiger partial charge in [0.25, 0.3) is 5.91 Å². The van der Waals surface area contributed by atoms with E-state index in [2.05, 4.69) is 20.6 Å². The molecule has 0 saturated heterocycles. The Morgan fingerprint density at radius 2 is 1.79 bits per heavy atom. The van der Waals surface area contributed by atoms with Crippen molar-refractivity contribution in [2.75, 3.05) is 10.6 Å². The van der Waals surface area contributed by atoms with Gasteiger partial charge < -0.3 is 10.6 Å². The fraction of sp³-hybridized carbons (Fsp3) is 0.143. The Labute approximate surface area is 165 Å². The summed E-state index contributed by atoms with van der Waals surface area (Å²) in [6, 6.07) is 7.70. The Balaban J connectivity index is 1.57. The maximum Gasteiger partial charge on any atom is 0.255 e. The lowest BCUT2D eigenvalue weighted by Gasteiger charge is -2.12. The second kappa shape index (κ2) is 7.75. The Kier molecular flexibility index (Phi) is 4.99. The van der Waals surface area contributed by atoms with E-state index in [1.807, 2.05) is 0 Å². The number of halogens is 2. The number of nitrogens with zero attached hydrogens (tertiary/aromatic N) is 2. The summed E-state index contributed by atoms with van der Waals surface area (Å²) in [6.45, 7) is 0. The van der Waals surface area contributed by atoms with Gasteiger partial charge in [-0.15, -0.1) is 0 Å². The second-order valence-electron chi connectivity index (χ2n) is 6.69. The zero-order valence-electron chi connectivity index (χ0n) is 15.2. The summed E-state index contributed by atoms with van der Waals surface area (Å²) in [6.07, 6.45) is 5.96. The van der Waals surface area contributed by atoms with Crippen molar-refractivity contribution >= 4 is 23.3 Å². The monoisotopic (exact) mass is 394 g/mol. The highest BCUT2D eigenvalue weighted by Gasteiger charge is 2.29. The van der Waals surface area contributed by atoms with E-state index in [1.165, 1.54) is 42.9 Å². The molecule has 0 radical (unpaired) electrons. The molecule has 1 aliphatic carbocycles. The van der Waals surface area contributed by atoms with Crippen LogP contribution in [0, 0.1) is 17.6 Å². The first kappa shape index (κ1) is 18.7. The molecule has 3 aromatic rings. The predicted molar refractivity (Wildman–Crippen MR) is 103 cm³/mol. The lowest BCUT2D eigenvalue weighted by Crippen LogP contribution is -2.16. The molecule has 146 valence electrons. The molecular weight excluding hydrogens is 378 g/mol. The van der Waals surface area contributed by atoms with Crippen molar-refractivity contribution < 1.29 is 18.4 Å². The van der Waals surface area contributed by atoms with Gasteiger partial charge in [0.1, 0.15) is 17.5 Å². The van der Waals surface area contributed by atoms with E-state index in [9.17, 15) is 18.4 Å². The van der Waals surface area contributed by atoms with Gasteiger partial charge in [-0.3, -0.25) is 14.6 Å². The third-order valence-electron chi connectivity index (χ3n) is 4.51. The van der Waals surface area contributed by atoms with Gasteiger partial charge in [-0.1, -0.05) is 0 Å². The van der Waals surface area contributed by atoms with Crippen molar-refractivity contribution in [3.05, 3.63) is 72.2 Å². The number of pyridine rings is 2. The van der Waals surface area contributed by atoms with Crippen LogP contribution >= 0.6 is 0 Å². The van der Waals surface area contributed by atoms with E-state index in [0.717, 1.165) is 25.0 Å². The average Bonchev–Trinajstić information content (AvgIpc) is 3.54. The van der Waals surface area contributed by atoms with E-state index < -0.39 is 17.5 Å². The number of benzene rings is 1. The molecule has 0 bridgehead atoms. The molecule has 0 unspecified atom stereocenters. The van der Waals surface area contributed by atoms with Crippen molar-refractivity contribution in [2.24, 2.45) is 5.92 Å². The number of aromatic nitrogens is 2. The van der Waals surface area contributed by atoms with Crippen LogP contribution in [0.25, 0.3) is 11.1 Å². The number of hydrogen-bond donors (Lipinski definition) is 2. The molecule has 1 saturated carbocycles. The van der Waals surface area contributed by atoms with Crippen LogP contribution in [0.5, 0.6) is 0 Å². The van der Waals surface area contributed by atoms with Gasteiger partial charge in [0.2, 0.25) is 5.91 Å². The number of carbonyl (C=O) groups is 2. The van der Waals surface area contributed by atoms with E-state index in [4.69, 9.17) is 0 Å². The number of rotatable bonds is 5. The lowest BCUT2D eigenvalue weighted by atomic mass is 10.0. The first-order valence-electron chi connectivity index (χ1n) is 8.99. The number of hydrogen-bond acceptors (Lipinski definition) is 4. The number of carbonyl (C=O) groups excluding carboxylic acids is 2. The Bertz CT molecular complexity index is 1100. The van der Waals surface area contributed by atoms with Gasteiger partial charge in [0.05, 0.1) is 11.9 Å². The van der Waals surface area contributed by atoms with E-state index in [-0.39, 0.29) is 34.5 Å². The molecular formula is C21H16F2N4O2.